The van der Waals surface area contributed by atoms with Crippen molar-refractivity contribution in [2.45, 2.75) is 17.7 Å². The molecule has 1 aromatic heterocycles. The van der Waals surface area contributed by atoms with Gasteiger partial charge in [0.25, 0.3) is 0 Å². The summed E-state index contributed by atoms with van der Waals surface area (Å²) in [6.45, 7) is -2.70. The molecule has 3 rings (SSSR count). The van der Waals surface area contributed by atoms with Crippen LogP contribution in [0.1, 0.15) is 11.3 Å². The van der Waals surface area contributed by atoms with E-state index < -0.39 is 53.7 Å². The Hall–Kier alpha value is -3.65. The second kappa shape index (κ2) is 9.54. The van der Waals surface area contributed by atoms with Crippen LogP contribution in [0.5, 0.6) is 5.75 Å². The summed E-state index contributed by atoms with van der Waals surface area (Å²) in [7, 11) is 0. The molecule has 0 amide bonds. The standard InChI is InChI=1S/C21H18F7N5O2/c22-13-2-4-15(16(23)8-13)19(34,9-33(30)11-31-29)21(27,28)18-6-1-12-7-14(3-5-17(12)32-18)35-10-20(24,25)26/h1-8,11,34H,9-10,29-30H2/b31-11-. The third kappa shape index (κ3) is 5.54. The number of ether oxygens (including phenoxy) is 1. The van der Waals surface area contributed by atoms with Crippen LogP contribution in [0.3, 0.4) is 0 Å². The Morgan fingerprint density at radius 3 is 2.37 bits per heavy atom. The number of pyridine rings is 1. The molecular formula is C21H18F7N5O2. The van der Waals surface area contributed by atoms with Crippen molar-refractivity contribution in [2.24, 2.45) is 16.8 Å². The molecule has 1 heterocycles. The zero-order valence-electron chi connectivity index (χ0n) is 17.6. The minimum atomic E-state index is -4.58. The highest BCUT2D eigenvalue weighted by atomic mass is 19.4. The topological polar surface area (TPSA) is 110 Å². The zero-order valence-corrected chi connectivity index (χ0v) is 17.6. The first kappa shape index (κ1) is 26.0. The molecule has 0 saturated carbocycles. The maximum atomic E-state index is 15.8. The minimum Gasteiger partial charge on any atom is -0.484 e. The van der Waals surface area contributed by atoms with E-state index in [-0.39, 0.29) is 16.7 Å². The number of alkyl halides is 5. The summed E-state index contributed by atoms with van der Waals surface area (Å²) in [4.78, 5) is 3.79. The SMILES string of the molecule is N/N=C\N(N)CC(O)(c1ccc(F)cc1F)C(F)(F)c1ccc2cc(OCC(F)(F)F)ccc2n1. The highest BCUT2D eigenvalue weighted by molar-refractivity contribution is 5.80. The Labute approximate surface area is 193 Å². The van der Waals surface area contributed by atoms with Crippen LogP contribution in [0.4, 0.5) is 30.7 Å². The quantitative estimate of drug-likeness (QED) is 0.142. The molecular weight excluding hydrogens is 487 g/mol. The summed E-state index contributed by atoms with van der Waals surface area (Å²) < 4.78 is 101. The van der Waals surface area contributed by atoms with E-state index in [0.29, 0.717) is 29.5 Å². The first-order chi connectivity index (χ1) is 16.3. The van der Waals surface area contributed by atoms with Gasteiger partial charge in [0.2, 0.25) is 0 Å². The molecule has 1 unspecified atom stereocenters. The molecule has 2 aromatic carbocycles. The highest BCUT2D eigenvalue weighted by Crippen LogP contribution is 2.46. The fourth-order valence-electron chi connectivity index (χ4n) is 3.31. The Morgan fingerprint density at radius 2 is 1.74 bits per heavy atom. The van der Waals surface area contributed by atoms with E-state index in [1.165, 1.54) is 0 Å². The molecule has 0 radical (unpaired) electrons. The van der Waals surface area contributed by atoms with E-state index >= 15 is 8.78 Å². The third-order valence-electron chi connectivity index (χ3n) is 4.91. The van der Waals surface area contributed by atoms with Gasteiger partial charge in [-0.05, 0) is 36.4 Å². The second-order valence-corrected chi connectivity index (χ2v) is 7.45. The van der Waals surface area contributed by atoms with E-state index in [1.54, 1.807) is 0 Å². The molecule has 14 heteroatoms. The van der Waals surface area contributed by atoms with Gasteiger partial charge in [-0.15, -0.1) is 0 Å². The third-order valence-corrected chi connectivity index (χ3v) is 4.91. The lowest BCUT2D eigenvalue weighted by Gasteiger charge is -2.38. The van der Waals surface area contributed by atoms with Crippen molar-refractivity contribution < 1.29 is 40.6 Å². The van der Waals surface area contributed by atoms with E-state index in [4.69, 9.17) is 11.7 Å². The van der Waals surface area contributed by atoms with Gasteiger partial charge in [-0.1, -0.05) is 6.07 Å². The first-order valence-electron chi connectivity index (χ1n) is 9.68. The predicted molar refractivity (Wildman–Crippen MR) is 111 cm³/mol. The lowest BCUT2D eigenvalue weighted by atomic mass is 9.84. The van der Waals surface area contributed by atoms with E-state index in [2.05, 4.69) is 14.8 Å². The number of hydrogen-bond acceptors (Lipinski definition) is 6. The van der Waals surface area contributed by atoms with Gasteiger partial charge in [0.1, 0.15) is 29.4 Å². The number of nitrogens with two attached hydrogens (primary N) is 2. The second-order valence-electron chi connectivity index (χ2n) is 7.45. The molecule has 3 aromatic rings. The van der Waals surface area contributed by atoms with Crippen molar-refractivity contribution in [3.63, 3.8) is 0 Å². The van der Waals surface area contributed by atoms with E-state index in [1.807, 2.05) is 0 Å². The van der Waals surface area contributed by atoms with Crippen LogP contribution in [-0.2, 0) is 11.5 Å². The van der Waals surface area contributed by atoms with Crippen molar-refractivity contribution in [2.75, 3.05) is 13.2 Å². The number of hydrazone groups is 1. The van der Waals surface area contributed by atoms with Gasteiger partial charge >= 0.3 is 12.1 Å². The van der Waals surface area contributed by atoms with E-state index in [9.17, 15) is 27.1 Å². The number of benzene rings is 2. The minimum absolute atomic E-state index is 0.0865. The van der Waals surface area contributed by atoms with Crippen LogP contribution >= 0.6 is 0 Å². The highest BCUT2D eigenvalue weighted by Gasteiger charge is 2.58. The number of nitrogens with zero attached hydrogens (tertiary/aromatic N) is 3. The van der Waals surface area contributed by atoms with Crippen molar-refractivity contribution in [3.8, 4) is 5.75 Å². The summed E-state index contributed by atoms with van der Waals surface area (Å²) in [6.07, 6.45) is -3.89. The molecule has 188 valence electrons. The van der Waals surface area contributed by atoms with Gasteiger partial charge in [-0.2, -0.15) is 27.1 Å². The molecule has 0 fully saturated rings. The summed E-state index contributed by atoms with van der Waals surface area (Å²) in [6, 6.07) is 6.90. The van der Waals surface area contributed by atoms with Crippen molar-refractivity contribution in [1.82, 2.24) is 9.99 Å². The van der Waals surface area contributed by atoms with Gasteiger partial charge in [-0.3, -0.25) is 5.01 Å². The number of halogens is 7. The lowest BCUT2D eigenvalue weighted by molar-refractivity contribution is -0.203. The van der Waals surface area contributed by atoms with Gasteiger partial charge < -0.3 is 15.7 Å². The predicted octanol–water partition coefficient (Wildman–Crippen LogP) is 3.51. The fraction of sp³-hybridized carbons (Fsp3) is 0.238. The first-order valence-corrected chi connectivity index (χ1v) is 9.68. The Morgan fingerprint density at radius 1 is 1.03 bits per heavy atom. The summed E-state index contributed by atoms with van der Waals surface area (Å²) >= 11 is 0. The Balaban J connectivity index is 2.06. The van der Waals surface area contributed by atoms with Crippen LogP contribution < -0.4 is 16.4 Å². The van der Waals surface area contributed by atoms with Crippen molar-refractivity contribution in [1.29, 1.82) is 0 Å². The van der Waals surface area contributed by atoms with Gasteiger partial charge in [0.05, 0.1) is 12.1 Å². The normalized spacial score (nSPS) is 14.3. The summed E-state index contributed by atoms with van der Waals surface area (Å²) in [5.41, 5.74) is -5.49. The molecule has 0 aliphatic heterocycles. The molecule has 0 bridgehead atoms. The van der Waals surface area contributed by atoms with Gasteiger partial charge in [0.15, 0.2) is 12.2 Å². The lowest BCUT2D eigenvalue weighted by Crippen LogP contribution is -2.53. The largest absolute Gasteiger partial charge is 0.484 e. The van der Waals surface area contributed by atoms with Crippen LogP contribution in [0, 0.1) is 11.6 Å². The maximum absolute atomic E-state index is 15.8. The molecule has 0 saturated heterocycles. The number of aromatic nitrogens is 1. The average Bonchev–Trinajstić information content (AvgIpc) is 2.76. The van der Waals surface area contributed by atoms with Crippen molar-refractivity contribution >= 4 is 17.2 Å². The number of hydrazine groups is 1. The summed E-state index contributed by atoms with van der Waals surface area (Å²) in [5.74, 6) is 3.42. The van der Waals surface area contributed by atoms with E-state index in [0.717, 1.165) is 30.3 Å². The maximum Gasteiger partial charge on any atom is 0.422 e. The number of fused-ring (bicyclic) bond motifs is 1. The van der Waals surface area contributed by atoms with Crippen LogP contribution in [-0.4, -0.2) is 40.8 Å². The van der Waals surface area contributed by atoms with Gasteiger partial charge in [-0.25, -0.2) is 19.6 Å². The fourth-order valence-corrected chi connectivity index (χ4v) is 3.31. The molecule has 0 spiro atoms. The van der Waals surface area contributed by atoms with Crippen molar-refractivity contribution in [3.05, 3.63) is 71.4 Å². The van der Waals surface area contributed by atoms with Crippen LogP contribution in [0.25, 0.3) is 10.9 Å². The Bertz CT molecular complexity index is 1240. The number of aliphatic hydroxyl groups is 1. The average molecular weight is 505 g/mol. The molecule has 1 atom stereocenters. The van der Waals surface area contributed by atoms with Gasteiger partial charge in [0, 0.05) is 17.0 Å². The zero-order chi connectivity index (χ0) is 26.0. The molecule has 35 heavy (non-hydrogen) atoms. The molecule has 5 N–H and O–H groups in total. The molecule has 0 aliphatic rings. The Kier molecular flexibility index (Phi) is 7.08. The number of hydrogen-bond donors (Lipinski definition) is 3. The molecule has 0 aliphatic carbocycles. The van der Waals surface area contributed by atoms with Crippen LogP contribution in [0.15, 0.2) is 53.6 Å². The number of rotatable bonds is 8. The monoisotopic (exact) mass is 505 g/mol. The summed E-state index contributed by atoms with van der Waals surface area (Å²) in [5, 5.41) is 14.8. The smallest absolute Gasteiger partial charge is 0.422 e. The van der Waals surface area contributed by atoms with Crippen LogP contribution in [0.2, 0.25) is 0 Å². The molecule has 7 nitrogen and oxygen atoms in total.